The standard InChI is InChI=1S/C20H32N4O3.HI/c1-22-20(24-9-4-7-17(15-24)13-19(21)25)23-14-16-6-3-8-18(12-16)27-11-5-10-26-2;/h3,6,8,12,17H,4-5,7,9-11,13-15H2,1-2H3,(H2,21,25)(H,22,23);1H. The van der Waals surface area contributed by atoms with Crippen LogP contribution in [0.15, 0.2) is 29.3 Å². The summed E-state index contributed by atoms with van der Waals surface area (Å²) in [5, 5.41) is 3.42. The van der Waals surface area contributed by atoms with Crippen molar-refractivity contribution in [2.24, 2.45) is 16.6 Å². The maximum Gasteiger partial charge on any atom is 0.217 e. The number of carbonyl (C=O) groups is 1. The van der Waals surface area contributed by atoms with Gasteiger partial charge in [-0.1, -0.05) is 12.1 Å². The molecular weight excluding hydrogens is 471 g/mol. The second-order valence-electron chi connectivity index (χ2n) is 6.87. The van der Waals surface area contributed by atoms with Crippen LogP contribution in [0.4, 0.5) is 0 Å². The number of benzene rings is 1. The number of methoxy groups -OCH3 is 1. The Hall–Kier alpha value is -1.55. The number of nitrogens with two attached hydrogens (primary N) is 1. The van der Waals surface area contributed by atoms with Gasteiger partial charge in [0.2, 0.25) is 5.91 Å². The number of nitrogens with zero attached hydrogens (tertiary/aromatic N) is 2. The van der Waals surface area contributed by atoms with Crippen LogP contribution >= 0.6 is 24.0 Å². The molecule has 1 fully saturated rings. The van der Waals surface area contributed by atoms with E-state index in [1.165, 1.54) is 0 Å². The van der Waals surface area contributed by atoms with Crippen molar-refractivity contribution in [3.8, 4) is 5.75 Å². The van der Waals surface area contributed by atoms with Crippen molar-refractivity contribution in [1.82, 2.24) is 10.2 Å². The zero-order chi connectivity index (χ0) is 19.5. The molecule has 1 aromatic carbocycles. The Morgan fingerprint density at radius 2 is 2.21 bits per heavy atom. The summed E-state index contributed by atoms with van der Waals surface area (Å²) >= 11 is 0. The molecular formula is C20H33IN4O3. The average molecular weight is 504 g/mol. The van der Waals surface area contributed by atoms with E-state index >= 15 is 0 Å². The molecule has 7 nitrogen and oxygen atoms in total. The molecule has 1 aromatic rings. The summed E-state index contributed by atoms with van der Waals surface area (Å²) < 4.78 is 10.8. The van der Waals surface area contributed by atoms with Gasteiger partial charge in [-0.2, -0.15) is 0 Å². The monoisotopic (exact) mass is 504 g/mol. The highest BCUT2D eigenvalue weighted by Crippen LogP contribution is 2.19. The van der Waals surface area contributed by atoms with Gasteiger partial charge < -0.3 is 25.4 Å². The number of carbonyl (C=O) groups excluding carboxylic acids is 1. The van der Waals surface area contributed by atoms with Crippen molar-refractivity contribution < 1.29 is 14.3 Å². The Morgan fingerprint density at radius 3 is 2.93 bits per heavy atom. The molecule has 1 atom stereocenters. The first-order valence-electron chi connectivity index (χ1n) is 9.57. The van der Waals surface area contributed by atoms with E-state index in [-0.39, 0.29) is 29.9 Å². The van der Waals surface area contributed by atoms with Crippen LogP contribution in [0.5, 0.6) is 5.75 Å². The van der Waals surface area contributed by atoms with Gasteiger partial charge in [0.25, 0.3) is 0 Å². The third kappa shape index (κ3) is 8.64. The van der Waals surface area contributed by atoms with Gasteiger partial charge in [0.1, 0.15) is 5.75 Å². The molecule has 0 spiro atoms. The Morgan fingerprint density at radius 1 is 1.39 bits per heavy atom. The van der Waals surface area contributed by atoms with Gasteiger partial charge in [-0.15, -0.1) is 24.0 Å². The third-order valence-corrected chi connectivity index (χ3v) is 4.63. The van der Waals surface area contributed by atoms with Crippen LogP contribution in [0, 0.1) is 5.92 Å². The largest absolute Gasteiger partial charge is 0.493 e. The van der Waals surface area contributed by atoms with Crippen LogP contribution < -0.4 is 15.8 Å². The summed E-state index contributed by atoms with van der Waals surface area (Å²) in [7, 11) is 3.48. The smallest absolute Gasteiger partial charge is 0.217 e. The summed E-state index contributed by atoms with van der Waals surface area (Å²) in [6.07, 6.45) is 3.39. The fourth-order valence-electron chi connectivity index (χ4n) is 3.36. The van der Waals surface area contributed by atoms with E-state index in [2.05, 4.69) is 21.3 Å². The highest BCUT2D eigenvalue weighted by Gasteiger charge is 2.23. The molecule has 0 aromatic heterocycles. The molecule has 8 heteroatoms. The predicted molar refractivity (Wildman–Crippen MR) is 122 cm³/mol. The topological polar surface area (TPSA) is 89.2 Å². The van der Waals surface area contributed by atoms with Crippen LogP contribution in [-0.2, 0) is 16.1 Å². The quantitative estimate of drug-likeness (QED) is 0.233. The zero-order valence-electron chi connectivity index (χ0n) is 16.9. The molecule has 28 heavy (non-hydrogen) atoms. The first kappa shape index (κ1) is 24.5. The predicted octanol–water partition coefficient (Wildman–Crippen LogP) is 2.38. The number of halogens is 1. The number of hydrogen-bond acceptors (Lipinski definition) is 4. The van der Waals surface area contributed by atoms with Gasteiger partial charge in [-0.3, -0.25) is 9.79 Å². The molecule has 2 rings (SSSR count). The second-order valence-corrected chi connectivity index (χ2v) is 6.87. The first-order valence-corrected chi connectivity index (χ1v) is 9.57. The summed E-state index contributed by atoms with van der Waals surface area (Å²) in [4.78, 5) is 17.8. The first-order chi connectivity index (χ1) is 13.1. The second kappa shape index (κ2) is 13.6. The van der Waals surface area contributed by atoms with E-state index in [4.69, 9.17) is 15.2 Å². The zero-order valence-corrected chi connectivity index (χ0v) is 19.2. The summed E-state index contributed by atoms with van der Waals surface area (Å²) in [6.45, 7) is 3.76. The Balaban J connectivity index is 0.00000392. The fraction of sp³-hybridized carbons (Fsp3) is 0.600. The van der Waals surface area contributed by atoms with Gasteiger partial charge in [0.05, 0.1) is 6.61 Å². The van der Waals surface area contributed by atoms with Crippen LogP contribution in [0.25, 0.3) is 0 Å². The van der Waals surface area contributed by atoms with E-state index in [9.17, 15) is 4.79 Å². The van der Waals surface area contributed by atoms with Crippen LogP contribution in [-0.4, -0.2) is 57.2 Å². The number of ether oxygens (including phenoxy) is 2. The van der Waals surface area contributed by atoms with E-state index in [1.807, 2.05) is 18.2 Å². The van der Waals surface area contributed by atoms with E-state index in [1.54, 1.807) is 14.2 Å². The van der Waals surface area contributed by atoms with Crippen molar-refractivity contribution in [3.63, 3.8) is 0 Å². The molecule has 0 radical (unpaired) electrons. The van der Waals surface area contributed by atoms with E-state index in [0.717, 1.165) is 49.6 Å². The van der Waals surface area contributed by atoms with Crippen LogP contribution in [0.1, 0.15) is 31.2 Å². The number of guanidine groups is 1. The molecule has 0 bridgehead atoms. The van der Waals surface area contributed by atoms with Crippen molar-refractivity contribution in [1.29, 1.82) is 0 Å². The maximum atomic E-state index is 11.2. The molecule has 158 valence electrons. The molecule has 1 saturated heterocycles. The lowest BCUT2D eigenvalue weighted by Crippen LogP contribution is -2.46. The molecule has 0 saturated carbocycles. The Kier molecular flexibility index (Phi) is 11.9. The van der Waals surface area contributed by atoms with Gasteiger partial charge >= 0.3 is 0 Å². The van der Waals surface area contributed by atoms with Crippen molar-refractivity contribution >= 4 is 35.8 Å². The highest BCUT2D eigenvalue weighted by atomic mass is 127. The minimum atomic E-state index is -0.230. The van der Waals surface area contributed by atoms with E-state index < -0.39 is 0 Å². The number of primary amides is 1. The lowest BCUT2D eigenvalue weighted by molar-refractivity contribution is -0.119. The molecule has 1 aliphatic rings. The minimum absolute atomic E-state index is 0. The number of rotatable bonds is 9. The van der Waals surface area contributed by atoms with Crippen LogP contribution in [0.2, 0.25) is 0 Å². The molecule has 0 aliphatic carbocycles. The number of hydrogen-bond donors (Lipinski definition) is 2. The van der Waals surface area contributed by atoms with Gasteiger partial charge in [-0.25, -0.2) is 0 Å². The van der Waals surface area contributed by atoms with Gasteiger partial charge in [-0.05, 0) is 36.5 Å². The summed E-state index contributed by atoms with van der Waals surface area (Å²) in [5.41, 5.74) is 6.49. The number of aliphatic imine (C=N–C) groups is 1. The lowest BCUT2D eigenvalue weighted by Gasteiger charge is -2.34. The number of piperidine rings is 1. The number of amides is 1. The Bertz CT molecular complexity index is 627. The van der Waals surface area contributed by atoms with Crippen LogP contribution in [0.3, 0.4) is 0 Å². The Labute approximate surface area is 185 Å². The summed E-state index contributed by atoms with van der Waals surface area (Å²) in [6, 6.07) is 8.06. The molecule has 1 aliphatic heterocycles. The fourth-order valence-corrected chi connectivity index (χ4v) is 3.36. The van der Waals surface area contributed by atoms with Gasteiger partial charge in [0.15, 0.2) is 5.96 Å². The normalized spacial score (nSPS) is 17.0. The summed E-state index contributed by atoms with van der Waals surface area (Å²) in [5.74, 6) is 1.79. The molecule has 3 N–H and O–H groups in total. The highest BCUT2D eigenvalue weighted by molar-refractivity contribution is 14.0. The number of likely N-dealkylation sites (tertiary alicyclic amines) is 1. The van der Waals surface area contributed by atoms with Crippen molar-refractivity contribution in [2.75, 3.05) is 40.5 Å². The van der Waals surface area contributed by atoms with E-state index in [0.29, 0.717) is 32.1 Å². The minimum Gasteiger partial charge on any atom is -0.493 e. The third-order valence-electron chi connectivity index (χ3n) is 4.63. The molecule has 1 unspecified atom stereocenters. The van der Waals surface area contributed by atoms with Crippen molar-refractivity contribution in [2.45, 2.75) is 32.2 Å². The lowest BCUT2D eigenvalue weighted by atomic mass is 9.95. The molecule has 1 amide bonds. The molecule has 1 heterocycles. The van der Waals surface area contributed by atoms with Crippen molar-refractivity contribution in [3.05, 3.63) is 29.8 Å². The number of nitrogens with one attached hydrogen (secondary N) is 1. The SMILES string of the molecule is CN=C(NCc1cccc(OCCCOC)c1)N1CCCC(CC(N)=O)C1.I. The maximum absolute atomic E-state index is 11.2. The van der Waals surface area contributed by atoms with Gasteiger partial charge in [0, 0.05) is 53.2 Å². The average Bonchev–Trinajstić information content (AvgIpc) is 2.66.